The lowest BCUT2D eigenvalue weighted by Gasteiger charge is -2.02. The number of fused-ring (bicyclic) bond motifs is 1. The first-order valence-electron chi connectivity index (χ1n) is 6.15. The molecule has 0 radical (unpaired) electrons. The van der Waals surface area contributed by atoms with Crippen LogP contribution >= 0.6 is 12.2 Å². The summed E-state index contributed by atoms with van der Waals surface area (Å²) in [6, 6.07) is 3.68. The van der Waals surface area contributed by atoms with Crippen LogP contribution in [-0.2, 0) is 6.54 Å². The zero-order chi connectivity index (χ0) is 14.3. The molecule has 0 atom stereocenters. The number of aromatic amines is 1. The molecule has 0 aliphatic rings. The summed E-state index contributed by atoms with van der Waals surface area (Å²) in [6.07, 6.45) is 0. The first-order valence-corrected chi connectivity index (χ1v) is 6.56. The average molecular weight is 290 g/mol. The molecule has 3 rings (SSSR count). The number of aromatic nitrogens is 4. The Morgan fingerprint density at radius 3 is 2.80 bits per heavy atom. The molecular formula is C13H14N4O2S. The Balaban J connectivity index is 2.10. The topological polar surface area (TPSA) is 68.9 Å². The van der Waals surface area contributed by atoms with Crippen molar-refractivity contribution < 1.29 is 9.15 Å². The van der Waals surface area contributed by atoms with Crippen LogP contribution in [0.15, 0.2) is 16.5 Å². The quantitative estimate of drug-likeness (QED) is 0.751. The maximum absolute atomic E-state index is 5.60. The summed E-state index contributed by atoms with van der Waals surface area (Å²) in [5.74, 6) is 1.97. The predicted molar refractivity (Wildman–Crippen MR) is 76.5 cm³/mol. The fourth-order valence-corrected chi connectivity index (χ4v) is 2.28. The SMILES string of the molecule is COc1ccc2[nH]c(=S)n(Cc3nc(C)c(C)o3)c2n1. The lowest BCUT2D eigenvalue weighted by atomic mass is 10.4. The zero-order valence-electron chi connectivity index (χ0n) is 11.4. The second kappa shape index (κ2) is 4.75. The molecule has 3 aromatic heterocycles. The third kappa shape index (κ3) is 2.09. The second-order valence-corrected chi connectivity index (χ2v) is 4.88. The Kier molecular flexibility index (Phi) is 3.06. The number of methoxy groups -OCH3 is 1. The molecule has 0 aliphatic carbocycles. The number of nitrogens with one attached hydrogen (secondary N) is 1. The van der Waals surface area contributed by atoms with E-state index < -0.39 is 0 Å². The van der Waals surface area contributed by atoms with Gasteiger partial charge in [0.2, 0.25) is 11.8 Å². The molecule has 1 N–H and O–H groups in total. The number of rotatable bonds is 3. The molecule has 3 heterocycles. The number of imidazole rings is 1. The summed E-state index contributed by atoms with van der Waals surface area (Å²) in [5.41, 5.74) is 2.47. The maximum Gasteiger partial charge on any atom is 0.215 e. The highest BCUT2D eigenvalue weighted by Crippen LogP contribution is 2.18. The zero-order valence-corrected chi connectivity index (χ0v) is 12.2. The van der Waals surface area contributed by atoms with E-state index in [9.17, 15) is 0 Å². The number of ether oxygens (including phenoxy) is 1. The molecule has 0 aliphatic heterocycles. The van der Waals surface area contributed by atoms with Crippen molar-refractivity contribution in [2.24, 2.45) is 0 Å². The van der Waals surface area contributed by atoms with E-state index in [1.165, 1.54) is 0 Å². The lowest BCUT2D eigenvalue weighted by molar-refractivity contribution is 0.398. The first-order chi connectivity index (χ1) is 9.58. The molecule has 20 heavy (non-hydrogen) atoms. The highest BCUT2D eigenvalue weighted by molar-refractivity contribution is 7.71. The van der Waals surface area contributed by atoms with Crippen molar-refractivity contribution in [3.8, 4) is 5.88 Å². The fraction of sp³-hybridized carbons (Fsp3) is 0.308. The van der Waals surface area contributed by atoms with Crippen LogP contribution in [0.2, 0.25) is 0 Å². The molecule has 104 valence electrons. The number of nitrogens with zero attached hydrogens (tertiary/aromatic N) is 3. The van der Waals surface area contributed by atoms with Crippen molar-refractivity contribution in [3.63, 3.8) is 0 Å². The highest BCUT2D eigenvalue weighted by Gasteiger charge is 2.12. The van der Waals surface area contributed by atoms with Crippen LogP contribution < -0.4 is 4.74 Å². The first kappa shape index (κ1) is 12.9. The van der Waals surface area contributed by atoms with Crippen molar-refractivity contribution in [3.05, 3.63) is 34.2 Å². The van der Waals surface area contributed by atoms with E-state index in [2.05, 4.69) is 15.0 Å². The van der Waals surface area contributed by atoms with Crippen molar-refractivity contribution in [2.45, 2.75) is 20.4 Å². The molecule has 0 saturated carbocycles. The molecule has 0 saturated heterocycles. The van der Waals surface area contributed by atoms with Crippen LogP contribution in [0, 0.1) is 18.6 Å². The molecule has 0 bridgehead atoms. The summed E-state index contributed by atoms with van der Waals surface area (Å²) >= 11 is 5.33. The van der Waals surface area contributed by atoms with E-state index in [-0.39, 0.29) is 0 Å². The van der Waals surface area contributed by atoms with Crippen molar-refractivity contribution in [1.82, 2.24) is 19.5 Å². The molecule has 7 heteroatoms. The highest BCUT2D eigenvalue weighted by atomic mass is 32.1. The summed E-state index contributed by atoms with van der Waals surface area (Å²) in [4.78, 5) is 11.9. The second-order valence-electron chi connectivity index (χ2n) is 4.49. The van der Waals surface area contributed by atoms with Gasteiger partial charge in [0, 0.05) is 6.07 Å². The van der Waals surface area contributed by atoms with E-state index in [1.807, 2.05) is 24.5 Å². The van der Waals surface area contributed by atoms with Gasteiger partial charge in [-0.25, -0.2) is 4.98 Å². The molecule has 0 fully saturated rings. The minimum atomic E-state index is 0.438. The third-order valence-corrected chi connectivity index (χ3v) is 3.49. The normalized spacial score (nSPS) is 11.2. The van der Waals surface area contributed by atoms with Gasteiger partial charge in [0.1, 0.15) is 12.3 Å². The van der Waals surface area contributed by atoms with E-state index in [1.54, 1.807) is 13.2 Å². The van der Waals surface area contributed by atoms with Gasteiger partial charge in [0.15, 0.2) is 10.4 Å². The fourth-order valence-electron chi connectivity index (χ4n) is 2.02. The number of aryl methyl sites for hydroxylation is 2. The van der Waals surface area contributed by atoms with Gasteiger partial charge in [-0.1, -0.05) is 0 Å². The molecular weight excluding hydrogens is 276 g/mol. The number of hydrogen-bond donors (Lipinski definition) is 1. The van der Waals surface area contributed by atoms with Crippen LogP contribution in [0.4, 0.5) is 0 Å². The molecule has 0 aromatic carbocycles. The largest absolute Gasteiger partial charge is 0.481 e. The van der Waals surface area contributed by atoms with Crippen molar-refractivity contribution >= 4 is 23.4 Å². The van der Waals surface area contributed by atoms with Crippen LogP contribution in [0.5, 0.6) is 5.88 Å². The minimum Gasteiger partial charge on any atom is -0.481 e. The van der Waals surface area contributed by atoms with E-state index in [0.717, 1.165) is 22.6 Å². The Hall–Kier alpha value is -2.15. The van der Waals surface area contributed by atoms with Crippen LogP contribution in [0.25, 0.3) is 11.2 Å². The Morgan fingerprint density at radius 2 is 2.15 bits per heavy atom. The lowest BCUT2D eigenvalue weighted by Crippen LogP contribution is -2.01. The van der Waals surface area contributed by atoms with Crippen molar-refractivity contribution in [1.29, 1.82) is 0 Å². The number of pyridine rings is 1. The summed E-state index contributed by atoms with van der Waals surface area (Å²) in [7, 11) is 1.58. The monoisotopic (exact) mass is 290 g/mol. The summed E-state index contributed by atoms with van der Waals surface area (Å²) in [6.45, 7) is 4.24. The summed E-state index contributed by atoms with van der Waals surface area (Å²) in [5, 5.41) is 0. The number of H-pyrrole nitrogens is 1. The molecule has 6 nitrogen and oxygen atoms in total. The van der Waals surface area contributed by atoms with Gasteiger partial charge in [-0.05, 0) is 32.1 Å². The smallest absolute Gasteiger partial charge is 0.215 e. The van der Waals surface area contributed by atoms with E-state index >= 15 is 0 Å². The number of oxazole rings is 1. The van der Waals surface area contributed by atoms with Crippen LogP contribution in [-0.4, -0.2) is 26.6 Å². The van der Waals surface area contributed by atoms with E-state index in [0.29, 0.717) is 23.1 Å². The van der Waals surface area contributed by atoms with Gasteiger partial charge in [-0.3, -0.25) is 4.57 Å². The molecule has 0 amide bonds. The maximum atomic E-state index is 5.60. The van der Waals surface area contributed by atoms with Gasteiger partial charge in [0.05, 0.1) is 18.3 Å². The van der Waals surface area contributed by atoms with Gasteiger partial charge in [-0.2, -0.15) is 4.98 Å². The third-order valence-electron chi connectivity index (χ3n) is 3.17. The van der Waals surface area contributed by atoms with Gasteiger partial charge < -0.3 is 14.1 Å². The van der Waals surface area contributed by atoms with Crippen LogP contribution in [0.1, 0.15) is 17.3 Å². The van der Waals surface area contributed by atoms with Crippen molar-refractivity contribution in [2.75, 3.05) is 7.11 Å². The van der Waals surface area contributed by atoms with E-state index in [4.69, 9.17) is 21.4 Å². The molecule has 3 aromatic rings. The summed E-state index contributed by atoms with van der Waals surface area (Å²) < 4.78 is 13.2. The average Bonchev–Trinajstić information content (AvgIpc) is 2.90. The standard InChI is InChI=1S/C13H14N4O2S/c1-7-8(2)19-11(14-7)6-17-12-9(15-13(17)20)4-5-10(16-12)18-3/h4-5H,6H2,1-3H3,(H,15,20). The Labute approximate surface area is 120 Å². The van der Waals surface area contributed by atoms with Gasteiger partial charge in [-0.15, -0.1) is 0 Å². The minimum absolute atomic E-state index is 0.438. The molecule has 0 unspecified atom stereocenters. The molecule has 0 spiro atoms. The van der Waals surface area contributed by atoms with Crippen LogP contribution in [0.3, 0.4) is 0 Å². The number of hydrogen-bond acceptors (Lipinski definition) is 5. The van der Waals surface area contributed by atoms with Gasteiger partial charge in [0.25, 0.3) is 0 Å². The predicted octanol–water partition coefficient (Wildman–Crippen LogP) is 2.76. The Bertz CT molecular complexity index is 811. The Morgan fingerprint density at radius 1 is 1.35 bits per heavy atom. The van der Waals surface area contributed by atoms with Gasteiger partial charge >= 0.3 is 0 Å².